The van der Waals surface area contributed by atoms with Gasteiger partial charge in [-0.1, -0.05) is 6.92 Å². The molecule has 2 aliphatic rings. The van der Waals surface area contributed by atoms with Crippen molar-refractivity contribution in [3.63, 3.8) is 0 Å². The predicted octanol–water partition coefficient (Wildman–Crippen LogP) is -0.841. The molecule has 1 atom stereocenters. The first kappa shape index (κ1) is 14.3. The van der Waals surface area contributed by atoms with E-state index in [2.05, 4.69) is 5.32 Å². The maximum atomic E-state index is 12.3. The minimum absolute atomic E-state index is 0.00541. The van der Waals surface area contributed by atoms with Gasteiger partial charge in [-0.05, 0) is 19.0 Å². The number of methoxy groups -OCH3 is 1. The highest BCUT2D eigenvalue weighted by Gasteiger charge is 2.33. The van der Waals surface area contributed by atoms with Gasteiger partial charge in [-0.15, -0.1) is 0 Å². The van der Waals surface area contributed by atoms with Crippen LogP contribution in [-0.2, 0) is 14.3 Å². The van der Waals surface area contributed by atoms with E-state index in [0.717, 1.165) is 13.1 Å². The van der Waals surface area contributed by atoms with Crippen LogP contribution < -0.4 is 5.32 Å². The van der Waals surface area contributed by atoms with Crippen molar-refractivity contribution in [2.45, 2.75) is 6.92 Å². The molecule has 2 aliphatic heterocycles. The molecule has 0 aromatic rings. The summed E-state index contributed by atoms with van der Waals surface area (Å²) in [6, 6.07) is 0. The molecule has 0 spiro atoms. The zero-order valence-corrected chi connectivity index (χ0v) is 11.7. The van der Waals surface area contributed by atoms with Crippen molar-refractivity contribution >= 4 is 11.8 Å². The minimum Gasteiger partial charge on any atom is -0.375 e. The van der Waals surface area contributed by atoms with Crippen LogP contribution in [0.5, 0.6) is 0 Å². The first-order valence-corrected chi connectivity index (χ1v) is 6.89. The second-order valence-corrected chi connectivity index (χ2v) is 5.35. The molecule has 1 unspecified atom stereocenters. The fourth-order valence-corrected chi connectivity index (χ4v) is 2.55. The molecule has 2 saturated heterocycles. The minimum atomic E-state index is 0.00541. The molecule has 1 N–H and O–H groups in total. The lowest BCUT2D eigenvalue weighted by molar-refractivity contribution is -0.144. The van der Waals surface area contributed by atoms with Gasteiger partial charge in [-0.3, -0.25) is 9.59 Å². The van der Waals surface area contributed by atoms with E-state index in [0.29, 0.717) is 32.1 Å². The van der Waals surface area contributed by atoms with E-state index in [1.54, 1.807) is 4.90 Å². The van der Waals surface area contributed by atoms with Crippen LogP contribution in [0.3, 0.4) is 0 Å². The summed E-state index contributed by atoms with van der Waals surface area (Å²) < 4.78 is 4.84. The summed E-state index contributed by atoms with van der Waals surface area (Å²) in [6.07, 6.45) is 0. The first-order valence-electron chi connectivity index (χ1n) is 6.89. The van der Waals surface area contributed by atoms with Crippen LogP contribution in [0.15, 0.2) is 0 Å². The molecule has 0 bridgehead atoms. The van der Waals surface area contributed by atoms with Gasteiger partial charge in [0.25, 0.3) is 0 Å². The molecule has 2 fully saturated rings. The van der Waals surface area contributed by atoms with Crippen molar-refractivity contribution in [3.05, 3.63) is 0 Å². The van der Waals surface area contributed by atoms with Gasteiger partial charge in [0, 0.05) is 39.2 Å². The lowest BCUT2D eigenvalue weighted by Gasteiger charge is -2.39. The van der Waals surface area contributed by atoms with Gasteiger partial charge in [-0.2, -0.15) is 0 Å². The Balaban J connectivity index is 1.79. The molecule has 0 aromatic heterocycles. The van der Waals surface area contributed by atoms with Crippen LogP contribution >= 0.6 is 0 Å². The van der Waals surface area contributed by atoms with Crippen LogP contribution in [0.1, 0.15) is 6.92 Å². The lowest BCUT2D eigenvalue weighted by atomic mass is 9.88. The topological polar surface area (TPSA) is 61.9 Å². The zero-order valence-electron chi connectivity index (χ0n) is 11.7. The number of hydrogen-bond donors (Lipinski definition) is 1. The van der Waals surface area contributed by atoms with E-state index < -0.39 is 0 Å². The number of carbonyl (C=O) groups excluding carboxylic acids is 2. The molecule has 108 valence electrons. The summed E-state index contributed by atoms with van der Waals surface area (Å²) in [6.45, 7) is 6.53. The highest BCUT2D eigenvalue weighted by Crippen LogP contribution is 2.19. The van der Waals surface area contributed by atoms with Crippen molar-refractivity contribution < 1.29 is 14.3 Å². The Labute approximate surface area is 114 Å². The number of amides is 2. The van der Waals surface area contributed by atoms with E-state index in [-0.39, 0.29) is 24.3 Å². The number of nitrogens with one attached hydrogen (secondary N) is 1. The first-order chi connectivity index (χ1) is 9.13. The summed E-state index contributed by atoms with van der Waals surface area (Å²) in [5, 5.41) is 3.20. The van der Waals surface area contributed by atoms with E-state index in [1.165, 1.54) is 7.11 Å². The molecule has 0 radical (unpaired) electrons. The van der Waals surface area contributed by atoms with Crippen molar-refractivity contribution in [1.82, 2.24) is 15.1 Å². The smallest absolute Gasteiger partial charge is 0.248 e. The molecule has 19 heavy (non-hydrogen) atoms. The van der Waals surface area contributed by atoms with Gasteiger partial charge in [-0.25, -0.2) is 0 Å². The van der Waals surface area contributed by atoms with Crippen LogP contribution in [-0.4, -0.2) is 74.6 Å². The predicted molar refractivity (Wildman–Crippen MR) is 70.6 cm³/mol. The second kappa shape index (κ2) is 6.34. The van der Waals surface area contributed by atoms with Gasteiger partial charge in [0.1, 0.15) is 6.61 Å². The maximum absolute atomic E-state index is 12.3. The van der Waals surface area contributed by atoms with Crippen LogP contribution in [0.2, 0.25) is 0 Å². The molecule has 6 nitrogen and oxygen atoms in total. The SMILES string of the molecule is COCC(=O)N1CCN(C(=O)C(C)C2CNC2)CC1. The quantitative estimate of drug-likeness (QED) is 0.723. The maximum Gasteiger partial charge on any atom is 0.248 e. The largest absolute Gasteiger partial charge is 0.375 e. The average molecular weight is 269 g/mol. The standard InChI is InChI=1S/C13H23N3O3/c1-10(11-7-14-8-11)13(18)16-5-3-15(4-6-16)12(17)9-19-2/h10-11,14H,3-9H2,1-2H3. The highest BCUT2D eigenvalue weighted by atomic mass is 16.5. The zero-order chi connectivity index (χ0) is 13.8. The van der Waals surface area contributed by atoms with E-state index in [9.17, 15) is 9.59 Å². The Hall–Kier alpha value is -1.14. The van der Waals surface area contributed by atoms with Gasteiger partial charge in [0.15, 0.2) is 0 Å². The molecule has 2 heterocycles. The summed E-state index contributed by atoms with van der Waals surface area (Å²) in [5.41, 5.74) is 0. The summed E-state index contributed by atoms with van der Waals surface area (Å²) in [4.78, 5) is 27.6. The summed E-state index contributed by atoms with van der Waals surface area (Å²) >= 11 is 0. The van der Waals surface area contributed by atoms with Crippen molar-refractivity contribution in [3.8, 4) is 0 Å². The van der Waals surface area contributed by atoms with E-state index in [4.69, 9.17) is 4.74 Å². The number of rotatable bonds is 4. The third-order valence-corrected chi connectivity index (χ3v) is 4.12. The molecule has 6 heteroatoms. The highest BCUT2D eigenvalue weighted by molar-refractivity contribution is 5.80. The third kappa shape index (κ3) is 3.25. The van der Waals surface area contributed by atoms with Crippen LogP contribution in [0.25, 0.3) is 0 Å². The molecule has 0 aliphatic carbocycles. The number of nitrogens with zero attached hydrogens (tertiary/aromatic N) is 2. The van der Waals surface area contributed by atoms with Crippen LogP contribution in [0, 0.1) is 11.8 Å². The lowest BCUT2D eigenvalue weighted by Crippen LogP contribution is -2.55. The average Bonchev–Trinajstić information content (AvgIpc) is 2.36. The van der Waals surface area contributed by atoms with Crippen molar-refractivity contribution in [2.75, 3.05) is 53.0 Å². The van der Waals surface area contributed by atoms with Crippen LogP contribution in [0.4, 0.5) is 0 Å². The number of hydrogen-bond acceptors (Lipinski definition) is 4. The van der Waals surface area contributed by atoms with E-state index >= 15 is 0 Å². The van der Waals surface area contributed by atoms with Gasteiger partial charge < -0.3 is 19.9 Å². The van der Waals surface area contributed by atoms with E-state index in [1.807, 2.05) is 11.8 Å². The Morgan fingerprint density at radius 2 is 1.79 bits per heavy atom. The van der Waals surface area contributed by atoms with Gasteiger partial charge in [0.05, 0.1) is 0 Å². The van der Waals surface area contributed by atoms with Gasteiger partial charge in [0.2, 0.25) is 11.8 Å². The molecule has 0 saturated carbocycles. The number of carbonyl (C=O) groups is 2. The number of piperazine rings is 1. The fraction of sp³-hybridized carbons (Fsp3) is 0.846. The fourth-order valence-electron chi connectivity index (χ4n) is 2.55. The molecular weight excluding hydrogens is 246 g/mol. The molecule has 0 aromatic carbocycles. The Morgan fingerprint density at radius 1 is 1.21 bits per heavy atom. The Kier molecular flexibility index (Phi) is 4.76. The van der Waals surface area contributed by atoms with Gasteiger partial charge >= 0.3 is 0 Å². The monoisotopic (exact) mass is 269 g/mol. The summed E-state index contributed by atoms with van der Waals surface area (Å²) in [5.74, 6) is 0.791. The third-order valence-electron chi connectivity index (χ3n) is 4.12. The Bertz CT molecular complexity index is 336. The Morgan fingerprint density at radius 3 is 2.26 bits per heavy atom. The normalized spacial score (nSPS) is 22.0. The number of ether oxygens (including phenoxy) is 1. The molecule has 2 rings (SSSR count). The van der Waals surface area contributed by atoms with Crippen molar-refractivity contribution in [1.29, 1.82) is 0 Å². The molecular formula is C13H23N3O3. The van der Waals surface area contributed by atoms with Crippen molar-refractivity contribution in [2.24, 2.45) is 11.8 Å². The molecule has 2 amide bonds. The second-order valence-electron chi connectivity index (χ2n) is 5.35. The summed E-state index contributed by atoms with van der Waals surface area (Å²) in [7, 11) is 1.52.